The molecule has 2 N–H and O–H groups in total. The second-order valence-electron chi connectivity index (χ2n) is 3.68. The Balaban J connectivity index is 4.58. The summed E-state index contributed by atoms with van der Waals surface area (Å²) in [6.07, 6.45) is -0.880. The lowest BCUT2D eigenvalue weighted by Gasteiger charge is -2.27. The van der Waals surface area contributed by atoms with Gasteiger partial charge in [-0.2, -0.15) is 0 Å². The van der Waals surface area contributed by atoms with Crippen molar-refractivity contribution in [3.8, 4) is 0 Å². The highest BCUT2D eigenvalue weighted by Crippen LogP contribution is 2.26. The fourth-order valence-electron chi connectivity index (χ4n) is 0.857. The average Bonchev–Trinajstić information content (AvgIpc) is 1.85. The molecule has 0 saturated carbocycles. The van der Waals surface area contributed by atoms with Crippen LogP contribution in [0.4, 0.5) is 0 Å². The zero-order valence-electron chi connectivity index (χ0n) is 7.50. The summed E-state index contributed by atoms with van der Waals surface area (Å²) < 4.78 is 0. The van der Waals surface area contributed by atoms with E-state index in [0.717, 1.165) is 0 Å². The minimum atomic E-state index is -1.16. The first-order valence-electron chi connectivity index (χ1n) is 3.53. The van der Waals surface area contributed by atoms with Crippen molar-refractivity contribution >= 4 is 5.97 Å². The fourth-order valence-corrected chi connectivity index (χ4v) is 0.857. The molecular formula is C8H14O4. The van der Waals surface area contributed by atoms with Gasteiger partial charge in [-0.25, -0.2) is 9.68 Å². The van der Waals surface area contributed by atoms with E-state index in [0.29, 0.717) is 0 Å². The van der Waals surface area contributed by atoms with Crippen molar-refractivity contribution < 1.29 is 20.0 Å². The van der Waals surface area contributed by atoms with Gasteiger partial charge < -0.3 is 5.11 Å². The first-order valence-corrected chi connectivity index (χ1v) is 3.53. The van der Waals surface area contributed by atoms with E-state index in [1.165, 1.54) is 0 Å². The lowest BCUT2D eigenvalue weighted by Crippen LogP contribution is -2.32. The van der Waals surface area contributed by atoms with Gasteiger partial charge in [-0.15, -0.1) is 0 Å². The number of carboxylic acids is 1. The van der Waals surface area contributed by atoms with E-state index in [2.05, 4.69) is 11.5 Å². The maximum atomic E-state index is 10.5. The summed E-state index contributed by atoms with van der Waals surface area (Å²) >= 11 is 0. The van der Waals surface area contributed by atoms with Gasteiger partial charge in [0.1, 0.15) is 6.10 Å². The second kappa shape index (κ2) is 3.69. The van der Waals surface area contributed by atoms with Crippen molar-refractivity contribution in [1.82, 2.24) is 0 Å². The standard InChI is InChI=1S/C8H14O4/c1-5(7(9)10)6(12-11)8(2,3)4/h6,11H,1H2,2-4H3,(H,9,10). The molecule has 0 rings (SSSR count). The van der Waals surface area contributed by atoms with E-state index < -0.39 is 17.5 Å². The topological polar surface area (TPSA) is 66.8 Å². The Morgan fingerprint density at radius 1 is 1.50 bits per heavy atom. The van der Waals surface area contributed by atoms with E-state index >= 15 is 0 Å². The Morgan fingerprint density at radius 2 is 1.92 bits per heavy atom. The Hall–Kier alpha value is -0.870. The predicted octanol–water partition coefficient (Wildman–Crippen LogP) is 1.53. The third-order valence-electron chi connectivity index (χ3n) is 1.48. The van der Waals surface area contributed by atoms with Crippen LogP contribution >= 0.6 is 0 Å². The normalized spacial score (nSPS) is 14.0. The van der Waals surface area contributed by atoms with Gasteiger partial charge in [-0.3, -0.25) is 5.26 Å². The van der Waals surface area contributed by atoms with Crippen LogP contribution < -0.4 is 0 Å². The van der Waals surface area contributed by atoms with Gasteiger partial charge in [0.05, 0.1) is 5.57 Å². The third kappa shape index (κ3) is 2.64. The molecule has 0 bridgehead atoms. The molecule has 0 fully saturated rings. The van der Waals surface area contributed by atoms with E-state index in [4.69, 9.17) is 10.4 Å². The molecule has 4 nitrogen and oxygen atoms in total. The Bertz CT molecular complexity index is 190. The van der Waals surface area contributed by atoms with Gasteiger partial charge in [0.25, 0.3) is 0 Å². The quantitative estimate of drug-likeness (QED) is 0.387. The number of carboxylic acid groups (broad SMARTS) is 1. The molecule has 0 aliphatic heterocycles. The Labute approximate surface area is 71.4 Å². The fraction of sp³-hybridized carbons (Fsp3) is 0.625. The maximum Gasteiger partial charge on any atom is 0.333 e. The van der Waals surface area contributed by atoms with E-state index in [1.54, 1.807) is 20.8 Å². The first-order chi connectivity index (χ1) is 5.30. The SMILES string of the molecule is C=C(C(=O)O)C(OO)C(C)(C)C. The molecule has 1 unspecified atom stereocenters. The minimum absolute atomic E-state index is 0.148. The van der Waals surface area contributed by atoms with Crippen LogP contribution in [0.25, 0.3) is 0 Å². The van der Waals surface area contributed by atoms with Crippen LogP contribution in [0.15, 0.2) is 12.2 Å². The average molecular weight is 174 g/mol. The van der Waals surface area contributed by atoms with Crippen molar-refractivity contribution in [2.45, 2.75) is 26.9 Å². The lowest BCUT2D eigenvalue weighted by atomic mass is 9.85. The predicted molar refractivity (Wildman–Crippen MR) is 43.7 cm³/mol. The zero-order chi connectivity index (χ0) is 9.94. The van der Waals surface area contributed by atoms with Crippen molar-refractivity contribution in [3.05, 3.63) is 12.2 Å². The number of rotatable bonds is 3. The van der Waals surface area contributed by atoms with Crippen LogP contribution in [0.1, 0.15) is 20.8 Å². The summed E-state index contributed by atoms with van der Waals surface area (Å²) in [7, 11) is 0. The van der Waals surface area contributed by atoms with E-state index in [-0.39, 0.29) is 5.57 Å². The second-order valence-corrected chi connectivity index (χ2v) is 3.68. The molecule has 0 amide bonds. The summed E-state index contributed by atoms with van der Waals surface area (Å²) in [6.45, 7) is 8.56. The van der Waals surface area contributed by atoms with Gasteiger partial charge in [-0.05, 0) is 5.41 Å². The maximum absolute atomic E-state index is 10.5. The van der Waals surface area contributed by atoms with Crippen LogP contribution in [-0.4, -0.2) is 22.4 Å². The molecule has 0 saturated heterocycles. The van der Waals surface area contributed by atoms with Crippen LogP contribution in [0.5, 0.6) is 0 Å². The van der Waals surface area contributed by atoms with Gasteiger partial charge in [0, 0.05) is 0 Å². The molecule has 4 heteroatoms. The zero-order valence-corrected chi connectivity index (χ0v) is 7.50. The van der Waals surface area contributed by atoms with Crippen LogP contribution in [-0.2, 0) is 9.68 Å². The molecule has 0 aromatic heterocycles. The number of hydrogen-bond acceptors (Lipinski definition) is 3. The molecule has 12 heavy (non-hydrogen) atoms. The third-order valence-corrected chi connectivity index (χ3v) is 1.48. The summed E-state index contributed by atoms with van der Waals surface area (Å²) in [5, 5.41) is 17.0. The molecule has 70 valence electrons. The molecule has 0 heterocycles. The van der Waals surface area contributed by atoms with Crippen LogP contribution in [0.2, 0.25) is 0 Å². The molecule has 0 aromatic carbocycles. The lowest BCUT2D eigenvalue weighted by molar-refractivity contribution is -0.288. The van der Waals surface area contributed by atoms with E-state index in [9.17, 15) is 4.79 Å². The van der Waals surface area contributed by atoms with Crippen molar-refractivity contribution in [2.24, 2.45) is 5.41 Å². The minimum Gasteiger partial charge on any atom is -0.478 e. The van der Waals surface area contributed by atoms with Gasteiger partial charge in [0.15, 0.2) is 0 Å². The van der Waals surface area contributed by atoms with Crippen molar-refractivity contribution in [2.75, 3.05) is 0 Å². The van der Waals surface area contributed by atoms with Crippen molar-refractivity contribution in [3.63, 3.8) is 0 Å². The highest BCUT2D eigenvalue weighted by Gasteiger charge is 2.31. The smallest absolute Gasteiger partial charge is 0.333 e. The largest absolute Gasteiger partial charge is 0.478 e. The first kappa shape index (κ1) is 11.1. The summed E-state index contributed by atoms with van der Waals surface area (Å²) in [4.78, 5) is 14.5. The molecule has 0 aliphatic rings. The monoisotopic (exact) mass is 174 g/mol. The Kier molecular flexibility index (Phi) is 3.42. The van der Waals surface area contributed by atoms with Crippen LogP contribution in [0.3, 0.4) is 0 Å². The number of hydrogen-bond donors (Lipinski definition) is 2. The number of carbonyl (C=O) groups is 1. The van der Waals surface area contributed by atoms with E-state index in [1.807, 2.05) is 0 Å². The van der Waals surface area contributed by atoms with Crippen molar-refractivity contribution in [1.29, 1.82) is 0 Å². The molecule has 0 aromatic rings. The molecule has 0 radical (unpaired) electrons. The van der Waals surface area contributed by atoms with Gasteiger partial charge >= 0.3 is 5.97 Å². The summed E-state index contributed by atoms with van der Waals surface area (Å²) in [5.74, 6) is -1.16. The summed E-state index contributed by atoms with van der Waals surface area (Å²) in [6, 6.07) is 0. The molecular weight excluding hydrogens is 160 g/mol. The molecule has 0 aliphatic carbocycles. The van der Waals surface area contributed by atoms with Crippen LogP contribution in [0, 0.1) is 5.41 Å². The highest BCUT2D eigenvalue weighted by molar-refractivity contribution is 5.87. The number of aliphatic carboxylic acids is 1. The van der Waals surface area contributed by atoms with Gasteiger partial charge in [0.2, 0.25) is 0 Å². The highest BCUT2D eigenvalue weighted by atomic mass is 17.1. The summed E-state index contributed by atoms with van der Waals surface area (Å²) in [5.41, 5.74) is -0.630. The Morgan fingerprint density at radius 3 is 2.00 bits per heavy atom. The molecule has 1 atom stereocenters. The molecule has 0 spiro atoms. The van der Waals surface area contributed by atoms with Gasteiger partial charge in [-0.1, -0.05) is 27.4 Å².